The van der Waals surface area contributed by atoms with Crippen LogP contribution in [-0.4, -0.2) is 11.2 Å². The van der Waals surface area contributed by atoms with Gasteiger partial charge in [0.2, 0.25) is 5.91 Å². The molecule has 2 aromatic carbocycles. The van der Waals surface area contributed by atoms with Gasteiger partial charge in [0.1, 0.15) is 0 Å². The second kappa shape index (κ2) is 8.25. The lowest BCUT2D eigenvalue weighted by molar-refractivity contribution is -0.120. The van der Waals surface area contributed by atoms with Gasteiger partial charge in [0.05, 0.1) is 5.25 Å². The summed E-state index contributed by atoms with van der Waals surface area (Å²) in [4.78, 5) is 13.4. The Morgan fingerprint density at radius 1 is 1.14 bits per heavy atom. The van der Waals surface area contributed by atoms with Crippen LogP contribution in [0.5, 0.6) is 0 Å². The van der Waals surface area contributed by atoms with E-state index in [2.05, 4.69) is 21.2 Å². The zero-order valence-electron chi connectivity index (χ0n) is 11.9. The van der Waals surface area contributed by atoms with Crippen molar-refractivity contribution in [1.29, 1.82) is 0 Å². The molecule has 110 valence electrons. The monoisotopic (exact) mass is 363 g/mol. The smallest absolute Gasteiger partial charge is 0.233 e. The second-order valence-corrected chi connectivity index (χ2v) is 6.75. The van der Waals surface area contributed by atoms with Crippen LogP contribution in [0.25, 0.3) is 0 Å². The van der Waals surface area contributed by atoms with Gasteiger partial charge >= 0.3 is 0 Å². The number of amides is 1. The number of thioether (sulfide) groups is 1. The molecule has 0 aliphatic rings. The number of carbonyl (C=O) groups is 1. The summed E-state index contributed by atoms with van der Waals surface area (Å²) in [6.07, 6.45) is 0.798. The molecule has 21 heavy (non-hydrogen) atoms. The molecule has 0 spiro atoms. The number of hydrogen-bond acceptors (Lipinski definition) is 2. The van der Waals surface area contributed by atoms with E-state index in [-0.39, 0.29) is 11.2 Å². The molecule has 2 rings (SSSR count). The Morgan fingerprint density at radius 3 is 2.48 bits per heavy atom. The lowest BCUT2D eigenvalue weighted by Crippen LogP contribution is -2.31. The number of rotatable bonds is 6. The first-order valence-electron chi connectivity index (χ1n) is 6.93. The minimum atomic E-state index is -0.0765. The maximum atomic E-state index is 12.3. The third-order valence-corrected chi connectivity index (χ3v) is 5.47. The Labute approximate surface area is 138 Å². The van der Waals surface area contributed by atoms with Gasteiger partial charge in [-0.25, -0.2) is 0 Å². The molecule has 0 fully saturated rings. The summed E-state index contributed by atoms with van der Waals surface area (Å²) in [5.41, 5.74) is 1.12. The minimum absolute atomic E-state index is 0.0765. The van der Waals surface area contributed by atoms with E-state index in [1.807, 2.05) is 61.5 Å². The zero-order valence-corrected chi connectivity index (χ0v) is 14.3. The molecule has 1 unspecified atom stereocenters. The number of hydrogen-bond donors (Lipinski definition) is 1. The molecule has 0 aliphatic carbocycles. The van der Waals surface area contributed by atoms with Crippen molar-refractivity contribution in [2.45, 2.75) is 30.0 Å². The second-order valence-electron chi connectivity index (χ2n) is 4.65. The van der Waals surface area contributed by atoms with Crippen LogP contribution in [0, 0.1) is 0 Å². The van der Waals surface area contributed by atoms with Gasteiger partial charge < -0.3 is 5.32 Å². The lowest BCUT2D eigenvalue weighted by atomic mass is 10.2. The van der Waals surface area contributed by atoms with Crippen LogP contribution in [0.15, 0.2) is 64.0 Å². The molecule has 0 aromatic heterocycles. The summed E-state index contributed by atoms with van der Waals surface area (Å²) in [6, 6.07) is 18.0. The molecule has 0 radical (unpaired) electrons. The number of nitrogens with one attached hydrogen (secondary N) is 1. The van der Waals surface area contributed by atoms with Crippen LogP contribution in [0.2, 0.25) is 0 Å². The molecular weight excluding hydrogens is 346 g/mol. The molecule has 0 saturated heterocycles. The highest BCUT2D eigenvalue weighted by molar-refractivity contribution is 9.10. The molecule has 1 amide bonds. The van der Waals surface area contributed by atoms with E-state index in [4.69, 9.17) is 0 Å². The third-order valence-electron chi connectivity index (χ3n) is 3.08. The third kappa shape index (κ3) is 4.90. The molecule has 0 saturated carbocycles. The normalized spacial score (nSPS) is 11.9. The molecule has 0 aliphatic heterocycles. The fourth-order valence-corrected chi connectivity index (χ4v) is 3.48. The molecule has 2 aromatic rings. The van der Waals surface area contributed by atoms with Gasteiger partial charge in [-0.05, 0) is 40.0 Å². The van der Waals surface area contributed by atoms with Crippen molar-refractivity contribution in [2.24, 2.45) is 0 Å². The molecule has 1 atom stereocenters. The largest absolute Gasteiger partial charge is 0.351 e. The average molecular weight is 364 g/mol. The van der Waals surface area contributed by atoms with Crippen LogP contribution in [0.3, 0.4) is 0 Å². The van der Waals surface area contributed by atoms with Crippen molar-refractivity contribution < 1.29 is 4.79 Å². The van der Waals surface area contributed by atoms with Crippen LogP contribution < -0.4 is 5.32 Å². The molecule has 2 nitrogen and oxygen atoms in total. The summed E-state index contributed by atoms with van der Waals surface area (Å²) in [5, 5.41) is 2.94. The lowest BCUT2D eigenvalue weighted by Gasteiger charge is -2.15. The Kier molecular flexibility index (Phi) is 6.33. The van der Waals surface area contributed by atoms with Crippen molar-refractivity contribution >= 4 is 33.6 Å². The van der Waals surface area contributed by atoms with Crippen molar-refractivity contribution in [3.05, 3.63) is 64.6 Å². The minimum Gasteiger partial charge on any atom is -0.351 e. The predicted octanol–water partition coefficient (Wildman–Crippen LogP) is 4.64. The SMILES string of the molecule is CCC(Sc1ccccc1Br)C(=O)NCc1ccccc1. The van der Waals surface area contributed by atoms with E-state index in [1.165, 1.54) is 0 Å². The van der Waals surface area contributed by atoms with E-state index in [9.17, 15) is 4.79 Å². The highest BCUT2D eigenvalue weighted by atomic mass is 79.9. The first-order chi connectivity index (χ1) is 10.2. The number of benzene rings is 2. The van der Waals surface area contributed by atoms with Crippen LogP contribution in [-0.2, 0) is 11.3 Å². The highest BCUT2D eigenvalue weighted by Gasteiger charge is 2.18. The van der Waals surface area contributed by atoms with Crippen LogP contribution in [0.4, 0.5) is 0 Å². The van der Waals surface area contributed by atoms with E-state index < -0.39 is 0 Å². The van der Waals surface area contributed by atoms with Gasteiger partial charge in [-0.1, -0.05) is 49.4 Å². The zero-order chi connectivity index (χ0) is 15.1. The molecule has 0 bridgehead atoms. The van der Waals surface area contributed by atoms with Crippen LogP contribution in [0.1, 0.15) is 18.9 Å². The van der Waals surface area contributed by atoms with Gasteiger partial charge in [0.25, 0.3) is 0 Å². The van der Waals surface area contributed by atoms with E-state index in [0.29, 0.717) is 6.54 Å². The first kappa shape index (κ1) is 16.1. The van der Waals surface area contributed by atoms with E-state index in [0.717, 1.165) is 21.4 Å². The Hall–Kier alpha value is -1.26. The molecule has 1 N–H and O–H groups in total. The Morgan fingerprint density at radius 2 is 1.81 bits per heavy atom. The summed E-state index contributed by atoms with van der Waals surface area (Å²) in [7, 11) is 0. The van der Waals surface area contributed by atoms with E-state index in [1.54, 1.807) is 11.8 Å². The van der Waals surface area contributed by atoms with E-state index >= 15 is 0 Å². The quantitative estimate of drug-likeness (QED) is 0.757. The summed E-state index contributed by atoms with van der Waals surface area (Å²) in [6.45, 7) is 2.61. The predicted molar refractivity (Wildman–Crippen MR) is 92.4 cm³/mol. The van der Waals surface area contributed by atoms with Crippen molar-refractivity contribution in [1.82, 2.24) is 5.32 Å². The standard InChI is InChI=1S/C17H18BrNOS/c1-2-15(21-16-11-7-6-10-14(16)18)17(20)19-12-13-8-4-3-5-9-13/h3-11,15H,2,12H2,1H3,(H,19,20). The highest BCUT2D eigenvalue weighted by Crippen LogP contribution is 2.31. The van der Waals surface area contributed by atoms with Gasteiger partial charge in [-0.15, -0.1) is 11.8 Å². The topological polar surface area (TPSA) is 29.1 Å². The summed E-state index contributed by atoms with van der Waals surface area (Å²) < 4.78 is 1.03. The van der Waals surface area contributed by atoms with Crippen LogP contribution >= 0.6 is 27.7 Å². The van der Waals surface area contributed by atoms with Gasteiger partial charge in [0.15, 0.2) is 0 Å². The molecular formula is C17H18BrNOS. The fourth-order valence-electron chi connectivity index (χ4n) is 1.91. The average Bonchev–Trinajstić information content (AvgIpc) is 2.53. The Bertz CT molecular complexity index is 588. The van der Waals surface area contributed by atoms with Gasteiger partial charge in [0, 0.05) is 15.9 Å². The summed E-state index contributed by atoms with van der Waals surface area (Å²) >= 11 is 5.13. The number of halogens is 1. The molecule has 0 heterocycles. The van der Waals surface area contributed by atoms with Crippen molar-refractivity contribution in [3.63, 3.8) is 0 Å². The molecule has 4 heteroatoms. The maximum Gasteiger partial charge on any atom is 0.233 e. The first-order valence-corrected chi connectivity index (χ1v) is 8.60. The number of carbonyl (C=O) groups excluding carboxylic acids is 1. The van der Waals surface area contributed by atoms with Gasteiger partial charge in [-0.2, -0.15) is 0 Å². The summed E-state index contributed by atoms with van der Waals surface area (Å²) in [5.74, 6) is 0.0853. The van der Waals surface area contributed by atoms with Crippen molar-refractivity contribution in [3.8, 4) is 0 Å². The Balaban J connectivity index is 1.94. The van der Waals surface area contributed by atoms with Crippen molar-refractivity contribution in [2.75, 3.05) is 0 Å². The fraction of sp³-hybridized carbons (Fsp3) is 0.235. The van der Waals surface area contributed by atoms with Gasteiger partial charge in [-0.3, -0.25) is 4.79 Å². The maximum absolute atomic E-state index is 12.3.